The van der Waals surface area contributed by atoms with E-state index in [1.54, 1.807) is 7.11 Å². The first-order valence-electron chi connectivity index (χ1n) is 7.42. The molecule has 1 fully saturated rings. The van der Waals surface area contributed by atoms with E-state index in [4.69, 9.17) is 9.47 Å². The molecule has 3 nitrogen and oxygen atoms in total. The number of ether oxygens (including phenoxy) is 2. The van der Waals surface area contributed by atoms with Crippen LogP contribution in [-0.2, 0) is 0 Å². The van der Waals surface area contributed by atoms with Gasteiger partial charge in [0.2, 0.25) is 0 Å². The van der Waals surface area contributed by atoms with Gasteiger partial charge in [-0.05, 0) is 36.2 Å². The Balaban J connectivity index is 1.36. The van der Waals surface area contributed by atoms with Crippen LogP contribution >= 0.6 is 0 Å². The van der Waals surface area contributed by atoms with Crippen LogP contribution in [0.25, 0.3) is 0 Å². The van der Waals surface area contributed by atoms with E-state index in [0.717, 1.165) is 18.0 Å². The van der Waals surface area contributed by atoms with Crippen molar-refractivity contribution in [1.82, 2.24) is 5.32 Å². The first-order valence-corrected chi connectivity index (χ1v) is 7.42. The van der Waals surface area contributed by atoms with Gasteiger partial charge in [0.1, 0.15) is 18.1 Å². The third-order valence-electron chi connectivity index (χ3n) is 3.85. The number of benzene rings is 2. The minimum absolute atomic E-state index is 0.604. The van der Waals surface area contributed by atoms with Crippen molar-refractivity contribution in [3.8, 4) is 11.5 Å². The van der Waals surface area contributed by atoms with Gasteiger partial charge in [-0.2, -0.15) is 0 Å². The molecule has 2 unspecified atom stereocenters. The third-order valence-corrected chi connectivity index (χ3v) is 3.85. The Hall–Kier alpha value is -2.00. The summed E-state index contributed by atoms with van der Waals surface area (Å²) in [7, 11) is 1.67. The molecule has 0 saturated heterocycles. The maximum absolute atomic E-state index is 5.71. The molecule has 3 heteroatoms. The van der Waals surface area contributed by atoms with Gasteiger partial charge in [0.25, 0.3) is 0 Å². The summed E-state index contributed by atoms with van der Waals surface area (Å²) in [5, 5.41) is 3.55. The summed E-state index contributed by atoms with van der Waals surface area (Å²) < 4.78 is 10.8. The standard InChI is InChI=1S/C18H21NO2/c1-20-15-7-9-16(10-8-15)21-12-11-19-18-13-17(18)14-5-3-2-4-6-14/h2-10,17-19H,11-13H2,1H3. The van der Waals surface area contributed by atoms with E-state index >= 15 is 0 Å². The molecule has 0 heterocycles. The second-order valence-electron chi connectivity index (χ2n) is 5.34. The fourth-order valence-corrected chi connectivity index (χ4v) is 2.57. The fourth-order valence-electron chi connectivity index (χ4n) is 2.57. The molecule has 0 radical (unpaired) electrons. The van der Waals surface area contributed by atoms with Crippen LogP contribution in [0.5, 0.6) is 11.5 Å². The van der Waals surface area contributed by atoms with Crippen LogP contribution in [0.2, 0.25) is 0 Å². The van der Waals surface area contributed by atoms with E-state index in [1.807, 2.05) is 24.3 Å². The second kappa shape index (κ2) is 6.64. The Bertz CT molecular complexity index is 553. The molecular formula is C18H21NO2. The quantitative estimate of drug-likeness (QED) is 0.791. The molecule has 1 saturated carbocycles. The number of hydrogen-bond acceptors (Lipinski definition) is 3. The zero-order valence-electron chi connectivity index (χ0n) is 12.3. The largest absolute Gasteiger partial charge is 0.497 e. The monoisotopic (exact) mass is 283 g/mol. The van der Waals surface area contributed by atoms with Gasteiger partial charge < -0.3 is 14.8 Å². The van der Waals surface area contributed by atoms with Gasteiger partial charge in [-0.15, -0.1) is 0 Å². The Labute approximate surface area is 125 Å². The Morgan fingerprint density at radius 3 is 2.43 bits per heavy atom. The van der Waals surface area contributed by atoms with Gasteiger partial charge in [0.15, 0.2) is 0 Å². The van der Waals surface area contributed by atoms with Gasteiger partial charge in [0.05, 0.1) is 7.11 Å². The normalized spacial score (nSPS) is 20.0. The maximum atomic E-state index is 5.71. The van der Waals surface area contributed by atoms with Gasteiger partial charge >= 0.3 is 0 Å². The molecule has 2 atom stereocenters. The average molecular weight is 283 g/mol. The lowest BCUT2D eigenvalue weighted by molar-refractivity contribution is 0.312. The van der Waals surface area contributed by atoms with E-state index in [9.17, 15) is 0 Å². The fraction of sp³-hybridized carbons (Fsp3) is 0.333. The minimum Gasteiger partial charge on any atom is -0.497 e. The first kappa shape index (κ1) is 14.0. The van der Waals surface area contributed by atoms with Crippen molar-refractivity contribution in [2.24, 2.45) is 0 Å². The van der Waals surface area contributed by atoms with Crippen LogP contribution in [0.1, 0.15) is 17.9 Å². The predicted molar refractivity (Wildman–Crippen MR) is 84.1 cm³/mol. The molecule has 0 bridgehead atoms. The second-order valence-corrected chi connectivity index (χ2v) is 5.34. The summed E-state index contributed by atoms with van der Waals surface area (Å²) >= 11 is 0. The Kier molecular flexibility index (Phi) is 4.41. The van der Waals surface area contributed by atoms with E-state index in [-0.39, 0.29) is 0 Å². The molecule has 21 heavy (non-hydrogen) atoms. The van der Waals surface area contributed by atoms with Crippen LogP contribution < -0.4 is 14.8 Å². The van der Waals surface area contributed by atoms with E-state index in [1.165, 1.54) is 12.0 Å². The van der Waals surface area contributed by atoms with Gasteiger partial charge in [-0.25, -0.2) is 0 Å². The van der Waals surface area contributed by atoms with Crippen molar-refractivity contribution in [3.05, 3.63) is 60.2 Å². The molecule has 1 N–H and O–H groups in total. The van der Waals surface area contributed by atoms with Gasteiger partial charge in [-0.1, -0.05) is 30.3 Å². The molecular weight excluding hydrogens is 262 g/mol. The molecule has 2 aromatic carbocycles. The highest BCUT2D eigenvalue weighted by molar-refractivity contribution is 5.31. The molecule has 3 rings (SSSR count). The molecule has 0 spiro atoms. The molecule has 1 aliphatic rings. The molecule has 1 aliphatic carbocycles. The smallest absolute Gasteiger partial charge is 0.119 e. The highest BCUT2D eigenvalue weighted by atomic mass is 16.5. The van der Waals surface area contributed by atoms with E-state index in [2.05, 4.69) is 35.6 Å². The van der Waals surface area contributed by atoms with Gasteiger partial charge in [0, 0.05) is 18.5 Å². The van der Waals surface area contributed by atoms with Crippen molar-refractivity contribution in [1.29, 1.82) is 0 Å². The highest BCUT2D eigenvalue weighted by Crippen LogP contribution is 2.40. The van der Waals surface area contributed by atoms with E-state index < -0.39 is 0 Å². The maximum Gasteiger partial charge on any atom is 0.119 e. The van der Waals surface area contributed by atoms with Crippen LogP contribution in [0.4, 0.5) is 0 Å². The SMILES string of the molecule is COc1ccc(OCCNC2CC2c2ccccc2)cc1. The molecule has 0 aliphatic heterocycles. The lowest BCUT2D eigenvalue weighted by Crippen LogP contribution is -2.24. The molecule has 0 amide bonds. The third kappa shape index (κ3) is 3.76. The topological polar surface area (TPSA) is 30.5 Å². The summed E-state index contributed by atoms with van der Waals surface area (Å²) in [6.07, 6.45) is 1.23. The lowest BCUT2D eigenvalue weighted by Gasteiger charge is -2.08. The van der Waals surface area contributed by atoms with Crippen molar-refractivity contribution < 1.29 is 9.47 Å². The van der Waals surface area contributed by atoms with Crippen LogP contribution in [0.15, 0.2) is 54.6 Å². The number of hydrogen-bond donors (Lipinski definition) is 1. The summed E-state index contributed by atoms with van der Waals surface area (Å²) in [6, 6.07) is 19.0. The van der Waals surface area contributed by atoms with Crippen LogP contribution in [-0.4, -0.2) is 26.3 Å². The minimum atomic E-state index is 0.604. The van der Waals surface area contributed by atoms with Crippen molar-refractivity contribution in [2.75, 3.05) is 20.3 Å². The Morgan fingerprint density at radius 1 is 1.00 bits per heavy atom. The van der Waals surface area contributed by atoms with Crippen molar-refractivity contribution in [3.63, 3.8) is 0 Å². The van der Waals surface area contributed by atoms with Gasteiger partial charge in [-0.3, -0.25) is 0 Å². The van der Waals surface area contributed by atoms with Crippen LogP contribution in [0, 0.1) is 0 Å². The zero-order chi connectivity index (χ0) is 14.5. The van der Waals surface area contributed by atoms with Crippen molar-refractivity contribution >= 4 is 0 Å². The highest BCUT2D eigenvalue weighted by Gasteiger charge is 2.37. The molecule has 110 valence electrons. The predicted octanol–water partition coefficient (Wildman–Crippen LogP) is 3.22. The Morgan fingerprint density at radius 2 is 1.71 bits per heavy atom. The lowest BCUT2D eigenvalue weighted by atomic mass is 10.1. The number of methoxy groups -OCH3 is 1. The summed E-state index contributed by atoms with van der Waals surface area (Å²) in [4.78, 5) is 0. The number of nitrogens with one attached hydrogen (secondary N) is 1. The molecule has 2 aromatic rings. The van der Waals surface area contributed by atoms with E-state index in [0.29, 0.717) is 18.6 Å². The van der Waals surface area contributed by atoms with Crippen molar-refractivity contribution in [2.45, 2.75) is 18.4 Å². The first-order chi connectivity index (χ1) is 10.4. The zero-order valence-corrected chi connectivity index (χ0v) is 12.3. The van der Waals surface area contributed by atoms with Crippen LogP contribution in [0.3, 0.4) is 0 Å². The average Bonchev–Trinajstić information content (AvgIpc) is 3.33. The number of rotatable bonds is 7. The summed E-state index contributed by atoms with van der Waals surface area (Å²) in [5.74, 6) is 2.41. The summed E-state index contributed by atoms with van der Waals surface area (Å²) in [6.45, 7) is 1.56. The summed E-state index contributed by atoms with van der Waals surface area (Å²) in [5.41, 5.74) is 1.44. The molecule has 0 aromatic heterocycles.